The summed E-state index contributed by atoms with van der Waals surface area (Å²) in [6.07, 6.45) is 20.5. The van der Waals surface area contributed by atoms with Crippen molar-refractivity contribution in [2.75, 3.05) is 13.2 Å². The summed E-state index contributed by atoms with van der Waals surface area (Å²) in [5.41, 5.74) is 6.79. The third-order valence-corrected chi connectivity index (χ3v) is 11.6. The van der Waals surface area contributed by atoms with Gasteiger partial charge in [-0.2, -0.15) is 0 Å². The zero-order chi connectivity index (χ0) is 44.6. The summed E-state index contributed by atoms with van der Waals surface area (Å²) in [5, 5.41) is 0. The smallest absolute Gasteiger partial charge is 0.343 e. The van der Waals surface area contributed by atoms with Crippen molar-refractivity contribution in [1.29, 1.82) is 0 Å². The van der Waals surface area contributed by atoms with E-state index in [0.717, 1.165) is 70.9 Å². The summed E-state index contributed by atoms with van der Waals surface area (Å²) in [6, 6.07) is 45.7. The Bertz CT molecular complexity index is 2260. The van der Waals surface area contributed by atoms with Gasteiger partial charge in [0.15, 0.2) is 0 Å². The first-order valence-corrected chi connectivity index (χ1v) is 23.8. The topological polar surface area (TPSA) is 71.1 Å². The molecule has 0 fully saturated rings. The standard InChI is InChI=1S/C58H66O6/c1-3-5-7-9-11-13-15-17-42-61-53-36-30-47(31-37-53)45-22-26-50(27-23-45)57(59)63-55-40-34-49(35-41-55)52-20-19-21-56(44-52)64-58(60)51-28-24-46(25-29-51)48-32-38-54(39-33-48)62-43-18-16-14-12-10-8-6-4-2/h19-41,44H,3-18,42-43H2,1-2H3. The van der Waals surface area contributed by atoms with Crippen LogP contribution in [0.2, 0.25) is 0 Å². The van der Waals surface area contributed by atoms with Gasteiger partial charge in [-0.05, 0) is 119 Å². The second-order valence-corrected chi connectivity index (χ2v) is 16.7. The van der Waals surface area contributed by atoms with Gasteiger partial charge in [-0.25, -0.2) is 9.59 Å². The lowest BCUT2D eigenvalue weighted by molar-refractivity contribution is 0.0725. The van der Waals surface area contributed by atoms with E-state index in [1.807, 2.05) is 103 Å². The molecule has 0 aliphatic rings. The molecule has 6 rings (SSSR count). The van der Waals surface area contributed by atoms with Crippen LogP contribution in [0.5, 0.6) is 23.0 Å². The van der Waals surface area contributed by atoms with Gasteiger partial charge in [0, 0.05) is 0 Å². The van der Waals surface area contributed by atoms with Crippen LogP contribution in [0.1, 0.15) is 137 Å². The number of ether oxygens (including phenoxy) is 4. The van der Waals surface area contributed by atoms with Crippen molar-refractivity contribution in [2.45, 2.75) is 117 Å². The molecule has 0 atom stereocenters. The number of hydrogen-bond donors (Lipinski definition) is 0. The van der Waals surface area contributed by atoms with Gasteiger partial charge in [-0.1, -0.05) is 177 Å². The van der Waals surface area contributed by atoms with Gasteiger partial charge in [-0.15, -0.1) is 0 Å². The van der Waals surface area contributed by atoms with E-state index in [1.54, 1.807) is 42.5 Å². The van der Waals surface area contributed by atoms with Crippen LogP contribution in [-0.2, 0) is 0 Å². The molecule has 0 bridgehead atoms. The van der Waals surface area contributed by atoms with Crippen LogP contribution in [-0.4, -0.2) is 25.2 Å². The molecule has 0 unspecified atom stereocenters. The second kappa shape index (κ2) is 26.5. The lowest BCUT2D eigenvalue weighted by Crippen LogP contribution is -2.08. The summed E-state index contributed by atoms with van der Waals surface area (Å²) in [4.78, 5) is 26.2. The fourth-order valence-electron chi connectivity index (χ4n) is 7.72. The first-order chi connectivity index (χ1) is 31.5. The van der Waals surface area contributed by atoms with E-state index < -0.39 is 11.9 Å². The molecule has 0 heterocycles. The largest absolute Gasteiger partial charge is 0.494 e. The maximum Gasteiger partial charge on any atom is 0.343 e. The second-order valence-electron chi connectivity index (χ2n) is 16.7. The van der Waals surface area contributed by atoms with Gasteiger partial charge in [0.2, 0.25) is 0 Å². The van der Waals surface area contributed by atoms with Crippen molar-refractivity contribution in [3.05, 3.63) is 157 Å². The zero-order valence-electron chi connectivity index (χ0n) is 38.0. The summed E-state index contributed by atoms with van der Waals surface area (Å²) in [6.45, 7) is 5.98. The van der Waals surface area contributed by atoms with Crippen molar-refractivity contribution < 1.29 is 28.5 Å². The molecule has 6 aromatic carbocycles. The van der Waals surface area contributed by atoms with E-state index in [4.69, 9.17) is 18.9 Å². The lowest BCUT2D eigenvalue weighted by atomic mass is 10.0. The van der Waals surface area contributed by atoms with Gasteiger partial charge in [-0.3, -0.25) is 0 Å². The molecule has 0 aliphatic carbocycles. The van der Waals surface area contributed by atoms with Gasteiger partial charge < -0.3 is 18.9 Å². The SMILES string of the molecule is CCCCCCCCCCOc1ccc(-c2ccc(C(=O)Oc3ccc(-c4cccc(OC(=O)c5ccc(-c6ccc(OCCCCCCCCCC)cc6)cc5)c4)cc3)cc2)cc1. The number of esters is 2. The molecule has 0 amide bonds. The Morgan fingerprint density at radius 1 is 0.328 bits per heavy atom. The van der Waals surface area contributed by atoms with E-state index in [2.05, 4.69) is 13.8 Å². The van der Waals surface area contributed by atoms with Crippen LogP contribution in [0.3, 0.4) is 0 Å². The Hall–Kier alpha value is -6.14. The monoisotopic (exact) mass is 858 g/mol. The molecule has 0 saturated heterocycles. The first kappa shape index (κ1) is 47.3. The van der Waals surface area contributed by atoms with E-state index in [-0.39, 0.29) is 0 Å². The van der Waals surface area contributed by atoms with Crippen molar-refractivity contribution in [3.8, 4) is 56.4 Å². The fourth-order valence-corrected chi connectivity index (χ4v) is 7.72. The molecule has 0 aromatic heterocycles. The summed E-state index contributed by atoms with van der Waals surface area (Å²) >= 11 is 0. The lowest BCUT2D eigenvalue weighted by Gasteiger charge is -2.10. The molecular weight excluding hydrogens is 793 g/mol. The Labute approximate surface area is 382 Å². The van der Waals surface area contributed by atoms with E-state index in [1.165, 1.54) is 89.9 Å². The average Bonchev–Trinajstić information content (AvgIpc) is 3.34. The Kier molecular flexibility index (Phi) is 19.6. The number of carbonyl (C=O) groups excluding carboxylic acids is 2. The van der Waals surface area contributed by atoms with Crippen LogP contribution in [0.25, 0.3) is 33.4 Å². The normalized spacial score (nSPS) is 11.0. The Balaban J connectivity index is 0.920. The molecule has 334 valence electrons. The molecule has 6 aromatic rings. The van der Waals surface area contributed by atoms with Crippen LogP contribution in [0.15, 0.2) is 146 Å². The maximum absolute atomic E-state index is 13.1. The number of unbranched alkanes of at least 4 members (excludes halogenated alkanes) is 14. The maximum atomic E-state index is 13.1. The van der Waals surface area contributed by atoms with Crippen LogP contribution in [0, 0.1) is 0 Å². The van der Waals surface area contributed by atoms with Crippen LogP contribution < -0.4 is 18.9 Å². The summed E-state index contributed by atoms with van der Waals surface area (Å²) in [5.74, 6) is 1.75. The molecular formula is C58H66O6. The molecule has 0 aliphatic heterocycles. The minimum atomic E-state index is -0.434. The van der Waals surface area contributed by atoms with Gasteiger partial charge >= 0.3 is 11.9 Å². The quantitative estimate of drug-likeness (QED) is 0.0292. The van der Waals surface area contributed by atoms with Crippen molar-refractivity contribution >= 4 is 11.9 Å². The minimum absolute atomic E-state index is 0.432. The Morgan fingerprint density at radius 2 is 0.656 bits per heavy atom. The van der Waals surface area contributed by atoms with Crippen LogP contribution in [0.4, 0.5) is 0 Å². The van der Waals surface area contributed by atoms with E-state index in [0.29, 0.717) is 22.6 Å². The molecule has 0 saturated carbocycles. The molecule has 6 heteroatoms. The summed E-state index contributed by atoms with van der Waals surface area (Å²) in [7, 11) is 0. The highest BCUT2D eigenvalue weighted by Gasteiger charge is 2.13. The molecule has 6 nitrogen and oxygen atoms in total. The number of benzene rings is 6. The van der Waals surface area contributed by atoms with Crippen LogP contribution >= 0.6 is 0 Å². The van der Waals surface area contributed by atoms with Gasteiger partial charge in [0.25, 0.3) is 0 Å². The third kappa shape index (κ3) is 15.6. The predicted octanol–water partition coefficient (Wildman–Crippen LogP) is 16.2. The Morgan fingerprint density at radius 3 is 1.06 bits per heavy atom. The predicted molar refractivity (Wildman–Crippen MR) is 262 cm³/mol. The number of carbonyl (C=O) groups is 2. The fraction of sp³-hybridized carbons (Fsp3) is 0.345. The first-order valence-electron chi connectivity index (χ1n) is 23.8. The van der Waals surface area contributed by atoms with E-state index in [9.17, 15) is 9.59 Å². The number of rotatable bonds is 27. The van der Waals surface area contributed by atoms with Crippen molar-refractivity contribution in [1.82, 2.24) is 0 Å². The molecule has 64 heavy (non-hydrogen) atoms. The highest BCUT2D eigenvalue weighted by molar-refractivity contribution is 5.92. The van der Waals surface area contributed by atoms with Gasteiger partial charge in [0.1, 0.15) is 23.0 Å². The molecule has 0 spiro atoms. The highest BCUT2D eigenvalue weighted by Crippen LogP contribution is 2.29. The zero-order valence-corrected chi connectivity index (χ0v) is 38.0. The summed E-state index contributed by atoms with van der Waals surface area (Å²) < 4.78 is 23.4. The van der Waals surface area contributed by atoms with Gasteiger partial charge in [0.05, 0.1) is 24.3 Å². The third-order valence-electron chi connectivity index (χ3n) is 11.6. The highest BCUT2D eigenvalue weighted by atomic mass is 16.5. The average molecular weight is 859 g/mol. The molecule has 0 radical (unpaired) electrons. The minimum Gasteiger partial charge on any atom is -0.494 e. The number of hydrogen-bond acceptors (Lipinski definition) is 6. The van der Waals surface area contributed by atoms with Crippen molar-refractivity contribution in [3.63, 3.8) is 0 Å². The van der Waals surface area contributed by atoms with Crippen molar-refractivity contribution in [2.24, 2.45) is 0 Å². The van der Waals surface area contributed by atoms with E-state index >= 15 is 0 Å². The molecule has 0 N–H and O–H groups in total.